The number of pyridine rings is 1. The molecule has 0 amide bonds. The van der Waals surface area contributed by atoms with Gasteiger partial charge >= 0.3 is 0 Å². The quantitative estimate of drug-likeness (QED) is 0.254. The third-order valence-corrected chi connectivity index (χ3v) is 3.90. The molecule has 0 aliphatic heterocycles. The van der Waals surface area contributed by atoms with Crippen molar-refractivity contribution < 1.29 is 5.21 Å². The van der Waals surface area contributed by atoms with Crippen LogP contribution in [0.15, 0.2) is 47.1 Å². The lowest BCUT2D eigenvalue weighted by Crippen LogP contribution is -2.01. The van der Waals surface area contributed by atoms with Gasteiger partial charge in [0.15, 0.2) is 5.01 Å². The van der Waals surface area contributed by atoms with Gasteiger partial charge in [-0.15, -0.1) is 11.3 Å². The molecular weight excluding hydrogens is 308 g/mol. The van der Waals surface area contributed by atoms with Gasteiger partial charge in [0, 0.05) is 35.6 Å². The van der Waals surface area contributed by atoms with Gasteiger partial charge in [-0.1, -0.05) is 29.3 Å². The number of oxime groups is 1. The molecule has 3 rings (SSSR count). The highest BCUT2D eigenvalue weighted by atomic mass is 32.1. The fourth-order valence-electron chi connectivity index (χ4n) is 2.11. The molecule has 0 aliphatic rings. The van der Waals surface area contributed by atoms with Crippen LogP contribution >= 0.6 is 11.3 Å². The standard InChI is InChI=1S/C17H14N4OS/c22-20-11-13-12-23-17(21-13)7-3-4-9-18-16-8-10-19-15-6-2-1-5-14(15)16/h1-2,5-6,8,10-12,22H,4,9H2,(H,18,19). The van der Waals surface area contributed by atoms with Crippen molar-refractivity contribution in [3.63, 3.8) is 0 Å². The van der Waals surface area contributed by atoms with Crippen molar-refractivity contribution in [3.05, 3.63) is 52.6 Å². The van der Waals surface area contributed by atoms with E-state index in [1.165, 1.54) is 17.6 Å². The number of rotatable bonds is 4. The largest absolute Gasteiger partial charge is 0.411 e. The van der Waals surface area contributed by atoms with Crippen LogP contribution in [0.5, 0.6) is 0 Å². The number of thiazole rings is 1. The van der Waals surface area contributed by atoms with Crippen molar-refractivity contribution >= 4 is 34.1 Å². The van der Waals surface area contributed by atoms with Gasteiger partial charge in [-0.25, -0.2) is 4.98 Å². The maximum atomic E-state index is 8.44. The number of hydrogen-bond donors (Lipinski definition) is 2. The molecule has 23 heavy (non-hydrogen) atoms. The van der Waals surface area contributed by atoms with Crippen LogP contribution in [0.4, 0.5) is 5.69 Å². The number of para-hydroxylation sites is 1. The van der Waals surface area contributed by atoms with E-state index in [4.69, 9.17) is 5.21 Å². The number of fused-ring (bicyclic) bond motifs is 1. The van der Waals surface area contributed by atoms with E-state index in [1.54, 1.807) is 11.6 Å². The van der Waals surface area contributed by atoms with Crippen molar-refractivity contribution in [2.45, 2.75) is 6.42 Å². The Morgan fingerprint density at radius 3 is 3.13 bits per heavy atom. The third-order valence-electron chi connectivity index (χ3n) is 3.12. The van der Waals surface area contributed by atoms with Crippen LogP contribution in [0.25, 0.3) is 10.9 Å². The first-order chi connectivity index (χ1) is 11.4. The first-order valence-corrected chi connectivity index (χ1v) is 7.94. The number of nitrogens with zero attached hydrogens (tertiary/aromatic N) is 3. The molecule has 2 aromatic heterocycles. The Morgan fingerprint density at radius 1 is 1.30 bits per heavy atom. The minimum Gasteiger partial charge on any atom is -0.411 e. The van der Waals surface area contributed by atoms with E-state index in [0.717, 1.165) is 23.1 Å². The number of aromatic nitrogens is 2. The first kappa shape index (κ1) is 15.0. The molecule has 6 heteroatoms. The lowest BCUT2D eigenvalue weighted by atomic mass is 10.2. The molecule has 114 valence electrons. The van der Waals surface area contributed by atoms with E-state index in [0.29, 0.717) is 17.1 Å². The van der Waals surface area contributed by atoms with Gasteiger partial charge < -0.3 is 10.5 Å². The average molecular weight is 322 g/mol. The van der Waals surface area contributed by atoms with Crippen LogP contribution in [-0.4, -0.2) is 27.9 Å². The summed E-state index contributed by atoms with van der Waals surface area (Å²) in [7, 11) is 0. The lowest BCUT2D eigenvalue weighted by molar-refractivity contribution is 0.321. The van der Waals surface area contributed by atoms with E-state index in [1.807, 2.05) is 24.3 Å². The fourth-order valence-corrected chi connectivity index (χ4v) is 2.74. The zero-order valence-corrected chi connectivity index (χ0v) is 13.0. The smallest absolute Gasteiger partial charge is 0.167 e. The summed E-state index contributed by atoms with van der Waals surface area (Å²) in [4.78, 5) is 8.54. The Labute approximate surface area is 137 Å². The molecule has 2 heterocycles. The number of hydrogen-bond acceptors (Lipinski definition) is 6. The van der Waals surface area contributed by atoms with Crippen LogP contribution in [0.1, 0.15) is 17.1 Å². The van der Waals surface area contributed by atoms with Crippen molar-refractivity contribution in [1.82, 2.24) is 9.97 Å². The van der Waals surface area contributed by atoms with Gasteiger partial charge in [0.1, 0.15) is 0 Å². The Bertz CT molecular complexity index is 887. The van der Waals surface area contributed by atoms with Crippen molar-refractivity contribution in [2.24, 2.45) is 5.16 Å². The van der Waals surface area contributed by atoms with Gasteiger partial charge in [-0.05, 0) is 18.1 Å². The molecular formula is C17H14N4OS. The van der Waals surface area contributed by atoms with Gasteiger partial charge in [0.25, 0.3) is 0 Å². The average Bonchev–Trinajstić information content (AvgIpc) is 3.02. The zero-order valence-electron chi connectivity index (χ0n) is 12.2. The molecule has 1 aromatic carbocycles. The number of benzene rings is 1. The van der Waals surface area contributed by atoms with Crippen LogP contribution < -0.4 is 5.32 Å². The molecule has 3 aromatic rings. The Morgan fingerprint density at radius 2 is 2.22 bits per heavy atom. The molecule has 0 fully saturated rings. The highest BCUT2D eigenvalue weighted by Crippen LogP contribution is 2.20. The molecule has 2 N–H and O–H groups in total. The summed E-state index contributed by atoms with van der Waals surface area (Å²) >= 11 is 1.43. The highest BCUT2D eigenvalue weighted by molar-refractivity contribution is 7.10. The van der Waals surface area contributed by atoms with Crippen molar-refractivity contribution in [3.8, 4) is 11.8 Å². The summed E-state index contributed by atoms with van der Waals surface area (Å²) in [6.45, 7) is 0.747. The van der Waals surface area contributed by atoms with Gasteiger partial charge in [-0.2, -0.15) is 0 Å². The van der Waals surface area contributed by atoms with Crippen LogP contribution in [-0.2, 0) is 0 Å². The molecule has 0 aliphatic carbocycles. The Kier molecular flexibility index (Phi) is 4.82. The van der Waals surface area contributed by atoms with E-state index < -0.39 is 0 Å². The second kappa shape index (κ2) is 7.38. The minimum atomic E-state index is 0.614. The minimum absolute atomic E-state index is 0.614. The Balaban J connectivity index is 1.58. The van der Waals surface area contributed by atoms with Gasteiger partial charge in [0.2, 0.25) is 0 Å². The zero-order chi connectivity index (χ0) is 15.9. The molecule has 0 unspecified atom stereocenters. The predicted octanol–water partition coefficient (Wildman–Crippen LogP) is 3.35. The van der Waals surface area contributed by atoms with Crippen molar-refractivity contribution in [2.75, 3.05) is 11.9 Å². The maximum Gasteiger partial charge on any atom is 0.167 e. The van der Waals surface area contributed by atoms with E-state index in [9.17, 15) is 0 Å². The molecule has 0 spiro atoms. The second-order valence-electron chi connectivity index (χ2n) is 4.68. The second-order valence-corrected chi connectivity index (χ2v) is 5.53. The third kappa shape index (κ3) is 3.84. The number of anilines is 1. The molecule has 0 saturated carbocycles. The molecule has 0 radical (unpaired) electrons. The normalized spacial score (nSPS) is 10.6. The Hall–Kier alpha value is -2.91. The van der Waals surface area contributed by atoms with E-state index in [2.05, 4.69) is 38.3 Å². The molecule has 0 atom stereocenters. The van der Waals surface area contributed by atoms with Crippen LogP contribution in [0.2, 0.25) is 0 Å². The van der Waals surface area contributed by atoms with Gasteiger partial charge in [0.05, 0.1) is 17.4 Å². The predicted molar refractivity (Wildman–Crippen MR) is 93.2 cm³/mol. The van der Waals surface area contributed by atoms with E-state index in [-0.39, 0.29) is 0 Å². The number of nitrogens with one attached hydrogen (secondary N) is 1. The summed E-state index contributed by atoms with van der Waals surface area (Å²) in [6.07, 6.45) is 3.80. The first-order valence-electron chi connectivity index (χ1n) is 7.06. The van der Waals surface area contributed by atoms with E-state index >= 15 is 0 Å². The summed E-state index contributed by atoms with van der Waals surface area (Å²) in [5, 5.41) is 18.4. The summed E-state index contributed by atoms with van der Waals surface area (Å²) in [5.74, 6) is 6.10. The van der Waals surface area contributed by atoms with Crippen LogP contribution in [0.3, 0.4) is 0 Å². The summed E-state index contributed by atoms with van der Waals surface area (Å²) in [5.41, 5.74) is 2.65. The summed E-state index contributed by atoms with van der Waals surface area (Å²) in [6, 6.07) is 10.0. The summed E-state index contributed by atoms with van der Waals surface area (Å²) < 4.78 is 0. The maximum absolute atomic E-state index is 8.44. The lowest BCUT2D eigenvalue weighted by Gasteiger charge is -2.07. The SMILES string of the molecule is ON=Cc1csc(C#CCCNc2ccnc3ccccc23)n1. The molecule has 5 nitrogen and oxygen atoms in total. The molecule has 0 saturated heterocycles. The van der Waals surface area contributed by atoms with Gasteiger partial charge in [-0.3, -0.25) is 4.98 Å². The highest BCUT2D eigenvalue weighted by Gasteiger charge is 1.99. The fraction of sp³-hybridized carbons (Fsp3) is 0.118. The monoisotopic (exact) mass is 322 g/mol. The molecule has 0 bridgehead atoms. The van der Waals surface area contributed by atoms with Crippen molar-refractivity contribution in [1.29, 1.82) is 0 Å². The van der Waals surface area contributed by atoms with Crippen LogP contribution in [0, 0.1) is 11.8 Å². The topological polar surface area (TPSA) is 70.4 Å².